The van der Waals surface area contributed by atoms with Crippen LogP contribution in [0.3, 0.4) is 0 Å². The summed E-state index contributed by atoms with van der Waals surface area (Å²) in [4.78, 5) is 15.7. The van der Waals surface area contributed by atoms with Gasteiger partial charge in [0.1, 0.15) is 5.75 Å². The molecule has 4 nitrogen and oxygen atoms in total. The van der Waals surface area contributed by atoms with Crippen molar-refractivity contribution < 1.29 is 9.53 Å². The maximum absolute atomic E-state index is 12.2. The molecule has 3 fully saturated rings. The van der Waals surface area contributed by atoms with E-state index in [1.807, 2.05) is 29.6 Å². The van der Waals surface area contributed by atoms with Crippen LogP contribution in [0.2, 0.25) is 0 Å². The number of hydrogen-bond acceptors (Lipinski definition) is 4. The summed E-state index contributed by atoms with van der Waals surface area (Å²) in [5.74, 6) is 1.22. The minimum absolute atomic E-state index is 0.234. The Kier molecular flexibility index (Phi) is 4.06. The van der Waals surface area contributed by atoms with E-state index in [1.54, 1.807) is 11.3 Å². The van der Waals surface area contributed by atoms with Gasteiger partial charge in [-0.05, 0) is 43.5 Å². The van der Waals surface area contributed by atoms with Crippen LogP contribution in [-0.4, -0.2) is 36.7 Å². The highest BCUT2D eigenvalue weighted by atomic mass is 32.1. The fourth-order valence-electron chi connectivity index (χ4n) is 3.54. The molecule has 3 aliphatic rings. The van der Waals surface area contributed by atoms with Crippen LogP contribution in [0.4, 0.5) is 4.79 Å². The van der Waals surface area contributed by atoms with E-state index in [0.717, 1.165) is 17.0 Å². The number of piperidine rings is 3. The van der Waals surface area contributed by atoms with Crippen molar-refractivity contribution in [3.05, 3.63) is 41.8 Å². The Bertz CT molecular complexity index is 677. The Morgan fingerprint density at radius 1 is 1.22 bits per heavy atom. The van der Waals surface area contributed by atoms with Gasteiger partial charge in [0.2, 0.25) is 0 Å². The Hall–Kier alpha value is -1.85. The lowest BCUT2D eigenvalue weighted by atomic mass is 9.84. The predicted octanol–water partition coefficient (Wildman–Crippen LogP) is 3.60. The van der Waals surface area contributed by atoms with Crippen LogP contribution in [-0.2, 0) is 0 Å². The highest BCUT2D eigenvalue weighted by molar-refractivity contribution is 7.13. The van der Waals surface area contributed by atoms with Gasteiger partial charge in [-0.1, -0.05) is 30.3 Å². The second kappa shape index (κ2) is 6.34. The average molecular weight is 328 g/mol. The summed E-state index contributed by atoms with van der Waals surface area (Å²) in [6, 6.07) is 12.3. The quantitative estimate of drug-likeness (QED) is 0.936. The zero-order valence-electron chi connectivity index (χ0n) is 12.9. The van der Waals surface area contributed by atoms with Gasteiger partial charge in [0.25, 0.3) is 0 Å². The third-order valence-corrected chi connectivity index (χ3v) is 5.76. The highest BCUT2D eigenvalue weighted by Crippen LogP contribution is 2.31. The lowest BCUT2D eigenvalue weighted by Gasteiger charge is -2.44. The monoisotopic (exact) mass is 328 g/mol. The number of nitrogens with one attached hydrogen (secondary N) is 1. The van der Waals surface area contributed by atoms with Gasteiger partial charge in [-0.2, -0.15) is 0 Å². The van der Waals surface area contributed by atoms with Crippen LogP contribution in [0.5, 0.6) is 5.75 Å². The SMILES string of the molecule is O=C(N[C@H]1CN2CCC1CC2)Oc1csc(-c2ccccc2)c1. The molecule has 0 aliphatic carbocycles. The summed E-state index contributed by atoms with van der Waals surface area (Å²) < 4.78 is 5.47. The Labute approximate surface area is 140 Å². The maximum atomic E-state index is 12.2. The number of rotatable bonds is 3. The number of hydrogen-bond donors (Lipinski definition) is 1. The minimum Gasteiger partial charge on any atom is -0.409 e. The summed E-state index contributed by atoms with van der Waals surface area (Å²) in [6.07, 6.45) is 2.03. The third-order valence-electron chi connectivity index (χ3n) is 4.80. The Morgan fingerprint density at radius 2 is 2.00 bits per heavy atom. The van der Waals surface area contributed by atoms with Crippen molar-refractivity contribution in [2.75, 3.05) is 19.6 Å². The molecule has 3 saturated heterocycles. The van der Waals surface area contributed by atoms with Gasteiger partial charge >= 0.3 is 6.09 Å². The van der Waals surface area contributed by atoms with Crippen LogP contribution in [0.15, 0.2) is 41.8 Å². The summed E-state index contributed by atoms with van der Waals surface area (Å²) in [7, 11) is 0. The first-order valence-corrected chi connectivity index (χ1v) is 9.00. The molecule has 0 unspecified atom stereocenters. The van der Waals surface area contributed by atoms with Gasteiger partial charge in [0.05, 0.1) is 0 Å². The Morgan fingerprint density at radius 3 is 2.70 bits per heavy atom. The lowest BCUT2D eigenvalue weighted by molar-refractivity contribution is 0.0725. The van der Waals surface area contributed by atoms with Crippen molar-refractivity contribution in [2.24, 2.45) is 5.92 Å². The average Bonchev–Trinajstić information content (AvgIpc) is 3.05. The van der Waals surface area contributed by atoms with Gasteiger partial charge in [-0.3, -0.25) is 0 Å². The largest absolute Gasteiger partial charge is 0.412 e. The second-order valence-electron chi connectivity index (χ2n) is 6.29. The molecule has 1 amide bonds. The molecule has 5 heteroatoms. The first-order chi connectivity index (χ1) is 11.3. The fraction of sp³-hybridized carbons (Fsp3) is 0.389. The van der Waals surface area contributed by atoms with Gasteiger partial charge in [-0.25, -0.2) is 4.79 Å². The van der Waals surface area contributed by atoms with Gasteiger partial charge < -0.3 is 15.0 Å². The van der Waals surface area contributed by atoms with Crippen LogP contribution in [0, 0.1) is 5.92 Å². The molecule has 1 atom stereocenters. The standard InChI is InChI=1S/C18H20N2O2S/c21-18(19-16-11-20-8-6-13(16)7-9-20)22-15-10-17(23-12-15)14-4-2-1-3-5-14/h1-5,10,12-13,16H,6-9,11H2,(H,19,21)/t16-/m0/s1. The minimum atomic E-state index is -0.332. The van der Waals surface area contributed by atoms with Gasteiger partial charge in [0.15, 0.2) is 0 Å². The first-order valence-electron chi connectivity index (χ1n) is 8.12. The fourth-order valence-corrected chi connectivity index (χ4v) is 4.36. The number of nitrogens with zero attached hydrogens (tertiary/aromatic N) is 1. The zero-order chi connectivity index (χ0) is 15.6. The van der Waals surface area contributed by atoms with Crippen LogP contribution in [0.1, 0.15) is 12.8 Å². The molecule has 3 aliphatic heterocycles. The molecular weight excluding hydrogens is 308 g/mol. The van der Waals surface area contributed by atoms with Gasteiger partial charge in [-0.15, -0.1) is 11.3 Å². The summed E-state index contributed by atoms with van der Waals surface area (Å²) in [5, 5.41) is 4.94. The molecular formula is C18H20N2O2S. The van der Waals surface area contributed by atoms with E-state index in [4.69, 9.17) is 4.74 Å². The van der Waals surface area contributed by atoms with E-state index in [0.29, 0.717) is 11.7 Å². The van der Waals surface area contributed by atoms with E-state index in [2.05, 4.69) is 22.3 Å². The van der Waals surface area contributed by atoms with E-state index in [-0.39, 0.29) is 12.1 Å². The van der Waals surface area contributed by atoms with Crippen LogP contribution in [0.25, 0.3) is 10.4 Å². The second-order valence-corrected chi connectivity index (χ2v) is 7.20. The van der Waals surface area contributed by atoms with E-state index in [1.165, 1.54) is 25.9 Å². The van der Waals surface area contributed by atoms with E-state index < -0.39 is 0 Å². The Balaban J connectivity index is 1.37. The molecule has 0 saturated carbocycles. The smallest absolute Gasteiger partial charge is 0.409 e. The van der Waals surface area contributed by atoms with Crippen molar-refractivity contribution >= 4 is 17.4 Å². The number of thiophene rings is 1. The lowest BCUT2D eigenvalue weighted by Crippen LogP contribution is -2.57. The normalized spacial score (nSPS) is 26.0. The molecule has 2 aromatic rings. The molecule has 5 rings (SSSR count). The predicted molar refractivity (Wildman–Crippen MR) is 91.9 cm³/mol. The number of carbonyl (C=O) groups is 1. The van der Waals surface area contributed by atoms with Crippen LogP contribution >= 0.6 is 11.3 Å². The molecule has 1 N–H and O–H groups in total. The van der Waals surface area contributed by atoms with E-state index in [9.17, 15) is 4.79 Å². The molecule has 4 heterocycles. The van der Waals surface area contributed by atoms with Crippen molar-refractivity contribution in [1.82, 2.24) is 10.2 Å². The molecule has 1 aromatic heterocycles. The molecule has 0 radical (unpaired) electrons. The number of fused-ring (bicyclic) bond motifs is 3. The number of amides is 1. The van der Waals surface area contributed by atoms with Crippen LogP contribution < -0.4 is 10.1 Å². The molecule has 120 valence electrons. The maximum Gasteiger partial charge on any atom is 0.412 e. The van der Waals surface area contributed by atoms with Crippen molar-refractivity contribution in [3.8, 4) is 16.2 Å². The number of benzene rings is 1. The third kappa shape index (κ3) is 3.26. The molecule has 1 aromatic carbocycles. The van der Waals surface area contributed by atoms with Crippen molar-refractivity contribution in [3.63, 3.8) is 0 Å². The number of carbonyl (C=O) groups excluding carboxylic acids is 1. The highest BCUT2D eigenvalue weighted by Gasteiger charge is 2.35. The van der Waals surface area contributed by atoms with Gasteiger partial charge in [0, 0.05) is 22.8 Å². The topological polar surface area (TPSA) is 41.6 Å². The zero-order valence-corrected chi connectivity index (χ0v) is 13.7. The molecule has 0 spiro atoms. The molecule has 23 heavy (non-hydrogen) atoms. The summed E-state index contributed by atoms with van der Waals surface area (Å²) >= 11 is 1.59. The van der Waals surface area contributed by atoms with Crippen molar-refractivity contribution in [2.45, 2.75) is 18.9 Å². The van der Waals surface area contributed by atoms with Crippen molar-refractivity contribution in [1.29, 1.82) is 0 Å². The summed E-state index contributed by atoms with van der Waals surface area (Å²) in [5.41, 5.74) is 1.14. The van der Waals surface area contributed by atoms with E-state index >= 15 is 0 Å². The number of ether oxygens (including phenoxy) is 1. The first kappa shape index (κ1) is 14.7. The molecule has 2 bridgehead atoms. The summed E-state index contributed by atoms with van der Waals surface area (Å²) in [6.45, 7) is 3.30.